The molecule has 0 bridgehead atoms. The molecule has 20 heavy (non-hydrogen) atoms. The highest BCUT2D eigenvalue weighted by Gasteiger charge is 2.17. The number of benzene rings is 1. The van der Waals surface area contributed by atoms with E-state index in [9.17, 15) is 9.18 Å². The van der Waals surface area contributed by atoms with Crippen LogP contribution in [0.25, 0.3) is 11.0 Å². The largest absolute Gasteiger partial charge is 0.355 e. The molecule has 0 saturated carbocycles. The zero-order valence-electron chi connectivity index (χ0n) is 11.2. The third-order valence-electron chi connectivity index (χ3n) is 3.53. The number of hydrogen-bond donors (Lipinski definition) is 2. The molecule has 5 nitrogen and oxygen atoms in total. The molecular formula is C14H17FN4O. The summed E-state index contributed by atoms with van der Waals surface area (Å²) in [6.45, 7) is 2.28. The van der Waals surface area contributed by atoms with Crippen molar-refractivity contribution < 1.29 is 9.18 Å². The molecule has 2 heterocycles. The Labute approximate surface area is 116 Å². The van der Waals surface area contributed by atoms with Gasteiger partial charge in [0.1, 0.15) is 5.82 Å². The van der Waals surface area contributed by atoms with Gasteiger partial charge >= 0.3 is 0 Å². The average Bonchev–Trinajstić information content (AvgIpc) is 3.06. The number of halogens is 1. The molecule has 0 unspecified atom stereocenters. The smallest absolute Gasteiger partial charge is 0.224 e. The van der Waals surface area contributed by atoms with Gasteiger partial charge in [0.2, 0.25) is 11.9 Å². The molecule has 1 saturated heterocycles. The van der Waals surface area contributed by atoms with Crippen molar-refractivity contribution >= 4 is 22.9 Å². The van der Waals surface area contributed by atoms with E-state index in [4.69, 9.17) is 0 Å². The van der Waals surface area contributed by atoms with Crippen LogP contribution in [0.15, 0.2) is 18.2 Å². The van der Waals surface area contributed by atoms with Crippen LogP contribution in [0.3, 0.4) is 0 Å². The summed E-state index contributed by atoms with van der Waals surface area (Å²) in [6, 6.07) is 4.41. The third-order valence-corrected chi connectivity index (χ3v) is 3.53. The summed E-state index contributed by atoms with van der Waals surface area (Å²) < 4.78 is 13.1. The maximum atomic E-state index is 13.1. The Morgan fingerprint density at radius 3 is 3.00 bits per heavy atom. The van der Waals surface area contributed by atoms with Gasteiger partial charge in [-0.2, -0.15) is 0 Å². The zero-order valence-corrected chi connectivity index (χ0v) is 11.2. The maximum absolute atomic E-state index is 13.1. The summed E-state index contributed by atoms with van der Waals surface area (Å²) in [4.78, 5) is 21.0. The third kappa shape index (κ3) is 2.74. The van der Waals surface area contributed by atoms with E-state index in [1.807, 2.05) is 4.90 Å². The van der Waals surface area contributed by atoms with E-state index in [1.54, 1.807) is 6.07 Å². The summed E-state index contributed by atoms with van der Waals surface area (Å²) in [6.07, 6.45) is 2.66. The first kappa shape index (κ1) is 12.9. The quantitative estimate of drug-likeness (QED) is 0.899. The molecule has 1 aliphatic rings. The molecule has 1 amide bonds. The molecule has 0 radical (unpaired) electrons. The summed E-state index contributed by atoms with van der Waals surface area (Å²) in [5, 5.41) is 3.07. The van der Waals surface area contributed by atoms with Gasteiger partial charge in [0, 0.05) is 26.1 Å². The second-order valence-electron chi connectivity index (χ2n) is 5.01. The molecule has 1 aromatic heterocycles. The number of aromatic nitrogens is 2. The van der Waals surface area contributed by atoms with Crippen LogP contribution in [0.4, 0.5) is 10.3 Å². The first-order chi connectivity index (χ1) is 9.72. The van der Waals surface area contributed by atoms with E-state index < -0.39 is 0 Å². The number of imidazole rings is 1. The van der Waals surface area contributed by atoms with E-state index >= 15 is 0 Å². The van der Waals surface area contributed by atoms with Gasteiger partial charge in [0.15, 0.2) is 0 Å². The molecule has 6 heteroatoms. The lowest BCUT2D eigenvalue weighted by atomic mass is 10.3. The lowest BCUT2D eigenvalue weighted by Crippen LogP contribution is -2.29. The number of H-pyrrole nitrogens is 1. The van der Waals surface area contributed by atoms with Crippen molar-refractivity contribution in [3.8, 4) is 0 Å². The summed E-state index contributed by atoms with van der Waals surface area (Å²) in [5.74, 6) is 0.453. The monoisotopic (exact) mass is 276 g/mol. The second kappa shape index (κ2) is 5.48. The average molecular weight is 276 g/mol. The zero-order chi connectivity index (χ0) is 13.9. The van der Waals surface area contributed by atoms with Crippen LogP contribution in [-0.4, -0.2) is 40.4 Å². The molecule has 0 spiro atoms. The van der Waals surface area contributed by atoms with Gasteiger partial charge in [0.25, 0.3) is 0 Å². The lowest BCUT2D eigenvalue weighted by Gasteiger charge is -2.14. The molecule has 1 aliphatic heterocycles. The van der Waals surface area contributed by atoms with Gasteiger partial charge in [0.05, 0.1) is 11.0 Å². The SMILES string of the molecule is O=C(CCNc1nc2ccc(F)cc2[nH]1)N1CCCC1. The summed E-state index contributed by atoms with van der Waals surface area (Å²) in [5.41, 5.74) is 1.36. The van der Waals surface area contributed by atoms with Crippen molar-refractivity contribution in [3.63, 3.8) is 0 Å². The number of carbonyl (C=O) groups excluding carboxylic acids is 1. The first-order valence-electron chi connectivity index (χ1n) is 6.89. The fourth-order valence-electron chi connectivity index (χ4n) is 2.48. The van der Waals surface area contributed by atoms with E-state index in [2.05, 4.69) is 15.3 Å². The Bertz CT molecular complexity index is 619. The van der Waals surface area contributed by atoms with Gasteiger partial charge < -0.3 is 15.2 Å². The molecule has 2 N–H and O–H groups in total. The maximum Gasteiger partial charge on any atom is 0.224 e. The number of amides is 1. The molecule has 2 aromatic rings. The minimum atomic E-state index is -0.295. The first-order valence-corrected chi connectivity index (χ1v) is 6.89. The second-order valence-corrected chi connectivity index (χ2v) is 5.01. The van der Waals surface area contributed by atoms with E-state index in [0.29, 0.717) is 29.9 Å². The topological polar surface area (TPSA) is 61.0 Å². The standard InChI is InChI=1S/C14H17FN4O/c15-10-3-4-11-12(9-10)18-14(17-11)16-6-5-13(20)19-7-1-2-8-19/h3-4,9H,1-2,5-8H2,(H2,16,17,18). The van der Waals surface area contributed by atoms with Gasteiger partial charge in [-0.15, -0.1) is 0 Å². The number of fused-ring (bicyclic) bond motifs is 1. The Morgan fingerprint density at radius 1 is 1.40 bits per heavy atom. The van der Waals surface area contributed by atoms with Gasteiger partial charge in [-0.3, -0.25) is 4.79 Å². The number of nitrogens with one attached hydrogen (secondary N) is 2. The number of carbonyl (C=O) groups is 1. The van der Waals surface area contributed by atoms with Gasteiger partial charge in [-0.1, -0.05) is 0 Å². The van der Waals surface area contributed by atoms with E-state index in [-0.39, 0.29) is 11.7 Å². The molecule has 1 aromatic carbocycles. The van der Waals surface area contributed by atoms with Crippen LogP contribution in [0.2, 0.25) is 0 Å². The minimum Gasteiger partial charge on any atom is -0.355 e. The van der Waals surface area contributed by atoms with Crippen LogP contribution in [0.1, 0.15) is 19.3 Å². The number of rotatable bonds is 4. The summed E-state index contributed by atoms with van der Waals surface area (Å²) >= 11 is 0. The fraction of sp³-hybridized carbons (Fsp3) is 0.429. The van der Waals surface area contributed by atoms with Crippen LogP contribution in [-0.2, 0) is 4.79 Å². The van der Waals surface area contributed by atoms with Crippen molar-refractivity contribution in [3.05, 3.63) is 24.0 Å². The Morgan fingerprint density at radius 2 is 2.20 bits per heavy atom. The number of aromatic amines is 1. The molecular weight excluding hydrogens is 259 g/mol. The van der Waals surface area contributed by atoms with Gasteiger partial charge in [-0.05, 0) is 31.0 Å². The predicted molar refractivity (Wildman–Crippen MR) is 75.0 cm³/mol. The normalized spacial score (nSPS) is 14.9. The van der Waals surface area contributed by atoms with Crippen molar-refractivity contribution in [2.24, 2.45) is 0 Å². The molecule has 106 valence electrons. The Hall–Kier alpha value is -2.11. The fourth-order valence-corrected chi connectivity index (χ4v) is 2.48. The number of hydrogen-bond acceptors (Lipinski definition) is 3. The number of likely N-dealkylation sites (tertiary alicyclic amines) is 1. The highest BCUT2D eigenvalue weighted by Crippen LogP contribution is 2.15. The Balaban J connectivity index is 1.55. The van der Waals surface area contributed by atoms with Crippen molar-refractivity contribution in [1.29, 1.82) is 0 Å². The van der Waals surface area contributed by atoms with Gasteiger partial charge in [-0.25, -0.2) is 9.37 Å². The Kier molecular flexibility index (Phi) is 3.54. The van der Waals surface area contributed by atoms with Crippen molar-refractivity contribution in [1.82, 2.24) is 14.9 Å². The highest BCUT2D eigenvalue weighted by atomic mass is 19.1. The van der Waals surface area contributed by atoms with Crippen LogP contribution < -0.4 is 5.32 Å². The van der Waals surface area contributed by atoms with Crippen LogP contribution >= 0.6 is 0 Å². The molecule has 0 atom stereocenters. The van der Waals surface area contributed by atoms with Crippen molar-refractivity contribution in [2.45, 2.75) is 19.3 Å². The van der Waals surface area contributed by atoms with Crippen molar-refractivity contribution in [2.75, 3.05) is 25.0 Å². The van der Waals surface area contributed by atoms with E-state index in [0.717, 1.165) is 25.9 Å². The number of nitrogens with zero attached hydrogens (tertiary/aromatic N) is 2. The molecule has 0 aliphatic carbocycles. The van der Waals surface area contributed by atoms with E-state index in [1.165, 1.54) is 12.1 Å². The molecule has 1 fully saturated rings. The van der Waals surface area contributed by atoms with Crippen LogP contribution in [0.5, 0.6) is 0 Å². The highest BCUT2D eigenvalue weighted by molar-refractivity contribution is 5.78. The minimum absolute atomic E-state index is 0.178. The predicted octanol–water partition coefficient (Wildman–Crippen LogP) is 2.13. The number of anilines is 1. The summed E-state index contributed by atoms with van der Waals surface area (Å²) in [7, 11) is 0. The molecule has 3 rings (SSSR count). The lowest BCUT2D eigenvalue weighted by molar-refractivity contribution is -0.129. The van der Waals surface area contributed by atoms with Crippen LogP contribution in [0, 0.1) is 5.82 Å².